The summed E-state index contributed by atoms with van der Waals surface area (Å²) in [6, 6.07) is 7.42. The SMILES string of the molecule is C=C(CC)c1ccccc(C)c1=O. The van der Waals surface area contributed by atoms with Crippen LogP contribution in [-0.4, -0.2) is 0 Å². The van der Waals surface area contributed by atoms with Gasteiger partial charge in [-0.05, 0) is 24.5 Å². The molecule has 0 radical (unpaired) electrons. The predicted molar refractivity (Wildman–Crippen MR) is 56.8 cm³/mol. The number of hydrogen-bond acceptors (Lipinski definition) is 1. The maximum atomic E-state index is 11.7. The lowest BCUT2D eigenvalue weighted by Gasteiger charge is -1.97. The normalized spacial score (nSPS) is 9.69. The molecule has 0 heterocycles. The van der Waals surface area contributed by atoms with Crippen LogP contribution in [0.4, 0.5) is 0 Å². The molecule has 0 aromatic heterocycles. The van der Waals surface area contributed by atoms with Gasteiger partial charge in [0.15, 0.2) is 5.43 Å². The fourth-order valence-electron chi connectivity index (χ4n) is 1.18. The van der Waals surface area contributed by atoms with E-state index in [1.165, 1.54) is 0 Å². The van der Waals surface area contributed by atoms with Crippen LogP contribution in [0.3, 0.4) is 0 Å². The molecule has 1 heteroatoms. The van der Waals surface area contributed by atoms with E-state index in [1.54, 1.807) is 0 Å². The van der Waals surface area contributed by atoms with E-state index in [0.717, 1.165) is 23.1 Å². The summed E-state index contributed by atoms with van der Waals surface area (Å²) in [5.74, 6) is 0. The second kappa shape index (κ2) is 4.04. The van der Waals surface area contributed by atoms with Gasteiger partial charge in [-0.15, -0.1) is 0 Å². The van der Waals surface area contributed by atoms with E-state index in [4.69, 9.17) is 0 Å². The van der Waals surface area contributed by atoms with E-state index in [9.17, 15) is 4.79 Å². The molecule has 0 amide bonds. The highest BCUT2D eigenvalue weighted by Gasteiger charge is 2.01. The van der Waals surface area contributed by atoms with Gasteiger partial charge in [0.25, 0.3) is 0 Å². The van der Waals surface area contributed by atoms with Crippen molar-refractivity contribution in [3.63, 3.8) is 0 Å². The van der Waals surface area contributed by atoms with E-state index in [1.807, 2.05) is 38.1 Å². The minimum absolute atomic E-state index is 0.0943. The van der Waals surface area contributed by atoms with Crippen molar-refractivity contribution in [3.8, 4) is 0 Å². The van der Waals surface area contributed by atoms with Crippen molar-refractivity contribution in [2.24, 2.45) is 0 Å². The molecule has 0 atom stereocenters. The van der Waals surface area contributed by atoms with Crippen molar-refractivity contribution in [1.82, 2.24) is 0 Å². The van der Waals surface area contributed by atoms with Crippen LogP contribution in [0.15, 0.2) is 35.6 Å². The Bertz CT molecular complexity index is 377. The molecule has 0 bridgehead atoms. The van der Waals surface area contributed by atoms with Gasteiger partial charge in [-0.2, -0.15) is 0 Å². The molecule has 0 unspecified atom stereocenters. The van der Waals surface area contributed by atoms with Crippen molar-refractivity contribution < 1.29 is 0 Å². The van der Waals surface area contributed by atoms with Gasteiger partial charge < -0.3 is 0 Å². The van der Waals surface area contributed by atoms with Crippen LogP contribution in [-0.2, 0) is 0 Å². The van der Waals surface area contributed by atoms with Crippen molar-refractivity contribution in [2.75, 3.05) is 0 Å². The van der Waals surface area contributed by atoms with Gasteiger partial charge in [0, 0.05) is 5.56 Å². The Labute approximate surface area is 78.7 Å². The number of rotatable bonds is 2. The molecule has 1 nitrogen and oxygen atoms in total. The quantitative estimate of drug-likeness (QED) is 0.673. The van der Waals surface area contributed by atoms with Gasteiger partial charge in [0.05, 0.1) is 0 Å². The van der Waals surface area contributed by atoms with Gasteiger partial charge in [-0.25, -0.2) is 0 Å². The maximum Gasteiger partial charge on any atom is 0.188 e. The zero-order valence-corrected chi connectivity index (χ0v) is 8.13. The summed E-state index contributed by atoms with van der Waals surface area (Å²) in [6.45, 7) is 7.71. The van der Waals surface area contributed by atoms with Gasteiger partial charge in [0.1, 0.15) is 0 Å². The average molecular weight is 174 g/mol. The largest absolute Gasteiger partial charge is 0.289 e. The van der Waals surface area contributed by atoms with Crippen LogP contribution in [0.5, 0.6) is 0 Å². The molecule has 0 saturated heterocycles. The van der Waals surface area contributed by atoms with Gasteiger partial charge >= 0.3 is 0 Å². The molecule has 0 aliphatic heterocycles. The summed E-state index contributed by atoms with van der Waals surface area (Å²) in [7, 11) is 0. The molecule has 68 valence electrons. The number of aryl methyl sites for hydroxylation is 1. The first-order valence-corrected chi connectivity index (χ1v) is 4.45. The van der Waals surface area contributed by atoms with E-state index < -0.39 is 0 Å². The summed E-state index contributed by atoms with van der Waals surface area (Å²) >= 11 is 0. The van der Waals surface area contributed by atoms with Crippen LogP contribution in [0.1, 0.15) is 24.5 Å². The molecule has 1 aromatic carbocycles. The monoisotopic (exact) mass is 174 g/mol. The molecule has 0 fully saturated rings. The molecule has 0 N–H and O–H groups in total. The molecule has 1 aromatic rings. The first-order valence-electron chi connectivity index (χ1n) is 4.45. The third-order valence-electron chi connectivity index (χ3n) is 2.13. The minimum atomic E-state index is 0.0943. The maximum absolute atomic E-state index is 11.7. The number of allylic oxidation sites excluding steroid dienone is 1. The number of hydrogen-bond donors (Lipinski definition) is 0. The highest BCUT2D eigenvalue weighted by Crippen LogP contribution is 2.10. The lowest BCUT2D eigenvalue weighted by Crippen LogP contribution is -2.06. The second-order valence-electron chi connectivity index (χ2n) is 3.10. The molecule has 13 heavy (non-hydrogen) atoms. The van der Waals surface area contributed by atoms with Crippen molar-refractivity contribution in [3.05, 3.63) is 52.2 Å². The highest BCUT2D eigenvalue weighted by molar-refractivity contribution is 5.62. The van der Waals surface area contributed by atoms with Crippen LogP contribution in [0.2, 0.25) is 0 Å². The molecular weight excluding hydrogens is 160 g/mol. The first kappa shape index (κ1) is 9.72. The molecule has 0 aliphatic carbocycles. The smallest absolute Gasteiger partial charge is 0.188 e. The third-order valence-corrected chi connectivity index (χ3v) is 2.13. The highest BCUT2D eigenvalue weighted by atomic mass is 16.1. The fraction of sp³-hybridized carbons (Fsp3) is 0.250. The summed E-state index contributed by atoms with van der Waals surface area (Å²) in [6.07, 6.45) is 0.818. The zero-order chi connectivity index (χ0) is 9.84. The summed E-state index contributed by atoms with van der Waals surface area (Å²) < 4.78 is 0. The lowest BCUT2D eigenvalue weighted by molar-refractivity contribution is 1.23. The van der Waals surface area contributed by atoms with Gasteiger partial charge in [-0.3, -0.25) is 4.79 Å². The summed E-state index contributed by atoms with van der Waals surface area (Å²) in [5.41, 5.74) is 2.51. The molecule has 1 rings (SSSR count). The van der Waals surface area contributed by atoms with Crippen molar-refractivity contribution >= 4 is 5.57 Å². The first-order chi connectivity index (χ1) is 6.16. The Balaban J connectivity index is 3.41. The Morgan fingerprint density at radius 3 is 2.62 bits per heavy atom. The minimum Gasteiger partial charge on any atom is -0.289 e. The molecule has 0 spiro atoms. The molecular formula is C12H14O. The second-order valence-corrected chi connectivity index (χ2v) is 3.10. The van der Waals surface area contributed by atoms with Crippen LogP contribution >= 0.6 is 0 Å². The average Bonchev–Trinajstić information content (AvgIpc) is 2.29. The standard InChI is InChI=1S/C12H14O/c1-4-9(2)11-8-6-5-7-10(3)12(11)13/h5-8H,2,4H2,1,3H3. The van der Waals surface area contributed by atoms with Crippen molar-refractivity contribution in [1.29, 1.82) is 0 Å². The zero-order valence-electron chi connectivity index (χ0n) is 8.13. The van der Waals surface area contributed by atoms with Crippen molar-refractivity contribution in [2.45, 2.75) is 20.3 Å². The Morgan fingerprint density at radius 1 is 1.38 bits per heavy atom. The summed E-state index contributed by atoms with van der Waals surface area (Å²) in [5, 5.41) is 0. The lowest BCUT2D eigenvalue weighted by atomic mass is 10.1. The Morgan fingerprint density at radius 2 is 2.00 bits per heavy atom. The third kappa shape index (κ3) is 2.05. The fourth-order valence-corrected chi connectivity index (χ4v) is 1.18. The molecule has 0 aliphatic rings. The van der Waals surface area contributed by atoms with Crippen LogP contribution in [0, 0.1) is 6.92 Å². The topological polar surface area (TPSA) is 17.1 Å². The molecule has 0 saturated carbocycles. The van der Waals surface area contributed by atoms with E-state index >= 15 is 0 Å². The Hall–Kier alpha value is -1.37. The summed E-state index contributed by atoms with van der Waals surface area (Å²) in [4.78, 5) is 11.7. The van der Waals surface area contributed by atoms with E-state index in [0.29, 0.717) is 0 Å². The van der Waals surface area contributed by atoms with E-state index in [2.05, 4.69) is 6.58 Å². The van der Waals surface area contributed by atoms with Gasteiger partial charge in [0.2, 0.25) is 0 Å². The predicted octanol–water partition coefficient (Wildman–Crippen LogP) is 2.78. The van der Waals surface area contributed by atoms with Gasteiger partial charge in [-0.1, -0.05) is 37.8 Å². The van der Waals surface area contributed by atoms with Crippen LogP contribution < -0.4 is 5.43 Å². The van der Waals surface area contributed by atoms with Crippen LogP contribution in [0.25, 0.3) is 5.57 Å². The van der Waals surface area contributed by atoms with E-state index in [-0.39, 0.29) is 5.43 Å². The Kier molecular flexibility index (Phi) is 3.02.